The Balaban J connectivity index is 1.32. The van der Waals surface area contributed by atoms with E-state index in [1.54, 1.807) is 12.1 Å². The van der Waals surface area contributed by atoms with Gasteiger partial charge in [0.05, 0.1) is 15.6 Å². The van der Waals surface area contributed by atoms with Crippen LogP contribution in [0.4, 0.5) is 0 Å². The molecule has 44 heavy (non-hydrogen) atoms. The fourth-order valence-electron chi connectivity index (χ4n) is 6.09. The molecule has 3 aromatic carbocycles. The van der Waals surface area contributed by atoms with Crippen molar-refractivity contribution in [2.45, 2.75) is 52.0 Å². The van der Waals surface area contributed by atoms with Crippen molar-refractivity contribution < 1.29 is 14.2 Å². The molecule has 2 fully saturated rings. The molecule has 0 amide bonds. The number of hydrogen-bond donors (Lipinski definition) is 0. The molecule has 0 unspecified atom stereocenters. The van der Waals surface area contributed by atoms with Gasteiger partial charge in [0, 0.05) is 43.4 Å². The van der Waals surface area contributed by atoms with Gasteiger partial charge >= 0.3 is 0 Å². The first-order chi connectivity index (χ1) is 21.6. The van der Waals surface area contributed by atoms with E-state index in [1.807, 2.05) is 30.3 Å². The lowest BCUT2D eigenvalue weighted by Gasteiger charge is -2.17. The quantitative estimate of drug-likeness (QED) is 0.138. The standard InChI is InChI=1S/C35H42Cl2N4O3/c1-2-3-17-41-32-24-29(42-20-18-39-13-4-5-14-39)25-33(43-21-19-40-15-6-7-16-40)34(32)38-35(41)26-9-8-10-27(22-26)44-28-11-12-30(36)31(37)23-28/h8-12,22-25H,2-7,13-21H2,1H3. The molecule has 0 N–H and O–H groups in total. The summed E-state index contributed by atoms with van der Waals surface area (Å²) in [5.41, 5.74) is 2.86. The van der Waals surface area contributed by atoms with Crippen molar-refractivity contribution in [1.29, 1.82) is 0 Å². The zero-order valence-electron chi connectivity index (χ0n) is 25.6. The van der Waals surface area contributed by atoms with Crippen LogP contribution in [0.5, 0.6) is 23.0 Å². The third kappa shape index (κ3) is 7.63. The number of rotatable bonds is 14. The highest BCUT2D eigenvalue weighted by molar-refractivity contribution is 6.42. The minimum Gasteiger partial charge on any atom is -0.492 e. The predicted molar refractivity (Wildman–Crippen MR) is 179 cm³/mol. The number of nitrogens with zero attached hydrogens (tertiary/aromatic N) is 4. The van der Waals surface area contributed by atoms with Crippen LogP contribution in [0, 0.1) is 0 Å². The third-order valence-corrected chi connectivity index (χ3v) is 9.22. The maximum Gasteiger partial charge on any atom is 0.150 e. The third-order valence-electron chi connectivity index (χ3n) is 8.49. The minimum absolute atomic E-state index is 0.456. The van der Waals surface area contributed by atoms with Crippen molar-refractivity contribution in [3.05, 3.63) is 64.6 Å². The van der Waals surface area contributed by atoms with E-state index in [4.69, 9.17) is 42.4 Å². The summed E-state index contributed by atoms with van der Waals surface area (Å²) in [6, 6.07) is 17.5. The lowest BCUT2D eigenvalue weighted by Crippen LogP contribution is -2.25. The van der Waals surface area contributed by atoms with Gasteiger partial charge in [-0.2, -0.15) is 0 Å². The van der Waals surface area contributed by atoms with Crippen LogP contribution in [0.2, 0.25) is 10.0 Å². The van der Waals surface area contributed by atoms with Crippen LogP contribution in [0.1, 0.15) is 45.4 Å². The number of aromatic nitrogens is 2. The molecule has 7 nitrogen and oxygen atoms in total. The number of halogens is 2. The normalized spacial score (nSPS) is 15.8. The number of imidazole rings is 1. The Labute approximate surface area is 270 Å². The van der Waals surface area contributed by atoms with E-state index in [2.05, 4.69) is 33.4 Å². The van der Waals surface area contributed by atoms with Crippen molar-refractivity contribution in [3.63, 3.8) is 0 Å². The first kappa shape index (κ1) is 31.0. The number of likely N-dealkylation sites (tertiary alicyclic amines) is 2. The molecule has 3 heterocycles. The monoisotopic (exact) mass is 636 g/mol. The summed E-state index contributed by atoms with van der Waals surface area (Å²) in [5, 5.41) is 0.952. The fraction of sp³-hybridized carbons (Fsp3) is 0.457. The van der Waals surface area contributed by atoms with Gasteiger partial charge in [0.2, 0.25) is 0 Å². The number of aryl methyl sites for hydroxylation is 1. The van der Waals surface area contributed by atoms with E-state index >= 15 is 0 Å². The van der Waals surface area contributed by atoms with Gasteiger partial charge in [-0.05, 0) is 82.5 Å². The number of unbranched alkanes of at least 4 members (excludes halogenated alkanes) is 1. The second-order valence-electron chi connectivity index (χ2n) is 11.7. The van der Waals surface area contributed by atoms with Crippen molar-refractivity contribution in [2.75, 3.05) is 52.5 Å². The van der Waals surface area contributed by atoms with Crippen molar-refractivity contribution in [2.24, 2.45) is 0 Å². The van der Waals surface area contributed by atoms with Crippen molar-refractivity contribution in [3.8, 4) is 34.4 Å². The van der Waals surface area contributed by atoms with Crippen LogP contribution in [0.3, 0.4) is 0 Å². The van der Waals surface area contributed by atoms with Gasteiger partial charge in [0.15, 0.2) is 5.75 Å². The number of fused-ring (bicyclic) bond motifs is 1. The maximum absolute atomic E-state index is 6.48. The number of ether oxygens (including phenoxy) is 3. The second kappa shape index (κ2) is 14.9. The average molecular weight is 638 g/mol. The molecule has 0 aliphatic carbocycles. The molecule has 4 aromatic rings. The summed E-state index contributed by atoms with van der Waals surface area (Å²) in [6.45, 7) is 10.8. The molecule has 0 radical (unpaired) electrons. The second-order valence-corrected chi connectivity index (χ2v) is 12.5. The molecule has 1 aromatic heterocycles. The lowest BCUT2D eigenvalue weighted by molar-refractivity contribution is 0.231. The average Bonchev–Trinajstić information content (AvgIpc) is 3.81. The Morgan fingerprint density at radius 3 is 2.14 bits per heavy atom. The van der Waals surface area contributed by atoms with Gasteiger partial charge in [-0.25, -0.2) is 4.98 Å². The van der Waals surface area contributed by atoms with E-state index in [9.17, 15) is 0 Å². The minimum atomic E-state index is 0.456. The molecule has 6 rings (SSSR count). The molecule has 0 atom stereocenters. The zero-order valence-corrected chi connectivity index (χ0v) is 27.1. The Hall–Kier alpha value is -2.97. The summed E-state index contributed by atoms with van der Waals surface area (Å²) >= 11 is 12.3. The molecule has 2 saturated heterocycles. The molecule has 2 aliphatic heterocycles. The largest absolute Gasteiger partial charge is 0.492 e. The van der Waals surface area contributed by atoms with E-state index in [0.717, 1.165) is 92.6 Å². The fourth-order valence-corrected chi connectivity index (χ4v) is 6.38. The van der Waals surface area contributed by atoms with Crippen LogP contribution in [-0.2, 0) is 6.54 Å². The maximum atomic E-state index is 6.48. The van der Waals surface area contributed by atoms with Crippen LogP contribution in [-0.4, -0.2) is 71.8 Å². The van der Waals surface area contributed by atoms with E-state index in [0.29, 0.717) is 34.8 Å². The predicted octanol–water partition coefficient (Wildman–Crippen LogP) is 8.55. The Morgan fingerprint density at radius 1 is 0.727 bits per heavy atom. The molecule has 9 heteroatoms. The van der Waals surface area contributed by atoms with Gasteiger partial charge in [-0.15, -0.1) is 0 Å². The zero-order chi connectivity index (χ0) is 30.3. The molecular formula is C35H42Cl2N4O3. The van der Waals surface area contributed by atoms with Gasteiger partial charge < -0.3 is 18.8 Å². The summed E-state index contributed by atoms with van der Waals surface area (Å²) < 4.78 is 21.3. The molecular weight excluding hydrogens is 595 g/mol. The van der Waals surface area contributed by atoms with Crippen molar-refractivity contribution >= 4 is 34.2 Å². The van der Waals surface area contributed by atoms with Gasteiger partial charge in [0.1, 0.15) is 41.8 Å². The first-order valence-electron chi connectivity index (χ1n) is 16.1. The molecule has 2 aliphatic rings. The SMILES string of the molecule is CCCCn1c(-c2cccc(Oc3ccc(Cl)c(Cl)c3)c2)nc2c(OCCN3CCCC3)cc(OCCN3CCCC3)cc21. The molecule has 0 bridgehead atoms. The summed E-state index contributed by atoms with van der Waals surface area (Å²) in [7, 11) is 0. The molecule has 234 valence electrons. The molecule has 0 spiro atoms. The van der Waals surface area contributed by atoms with Crippen LogP contribution < -0.4 is 14.2 Å². The number of hydrogen-bond acceptors (Lipinski definition) is 6. The van der Waals surface area contributed by atoms with Gasteiger partial charge in [0.25, 0.3) is 0 Å². The highest BCUT2D eigenvalue weighted by Crippen LogP contribution is 2.37. The lowest BCUT2D eigenvalue weighted by atomic mass is 10.2. The Kier molecular flexibility index (Phi) is 10.5. The summed E-state index contributed by atoms with van der Waals surface area (Å²) in [4.78, 5) is 10.2. The Morgan fingerprint density at radius 2 is 1.43 bits per heavy atom. The smallest absolute Gasteiger partial charge is 0.150 e. The van der Waals surface area contributed by atoms with Crippen LogP contribution >= 0.6 is 23.2 Å². The van der Waals surface area contributed by atoms with Gasteiger partial charge in [-0.1, -0.05) is 48.7 Å². The molecule has 0 saturated carbocycles. The van der Waals surface area contributed by atoms with Crippen LogP contribution in [0.15, 0.2) is 54.6 Å². The first-order valence-corrected chi connectivity index (χ1v) is 16.8. The topological polar surface area (TPSA) is 52.0 Å². The van der Waals surface area contributed by atoms with E-state index < -0.39 is 0 Å². The van der Waals surface area contributed by atoms with E-state index in [1.165, 1.54) is 25.7 Å². The van der Waals surface area contributed by atoms with Crippen molar-refractivity contribution in [1.82, 2.24) is 19.4 Å². The Bertz CT molecular complexity index is 1550. The van der Waals surface area contributed by atoms with E-state index in [-0.39, 0.29) is 0 Å². The highest BCUT2D eigenvalue weighted by atomic mass is 35.5. The summed E-state index contributed by atoms with van der Waals surface area (Å²) in [5.74, 6) is 3.81. The number of benzene rings is 3. The van der Waals surface area contributed by atoms with Crippen LogP contribution in [0.25, 0.3) is 22.4 Å². The van der Waals surface area contributed by atoms with Gasteiger partial charge in [-0.3, -0.25) is 9.80 Å². The highest BCUT2D eigenvalue weighted by Gasteiger charge is 2.20. The summed E-state index contributed by atoms with van der Waals surface area (Å²) in [6.07, 6.45) is 7.20.